The summed E-state index contributed by atoms with van der Waals surface area (Å²) in [5.41, 5.74) is 0.113. The van der Waals surface area contributed by atoms with Crippen LogP contribution in [0.5, 0.6) is 0 Å². The molecule has 17 heavy (non-hydrogen) atoms. The third kappa shape index (κ3) is 3.78. The highest BCUT2D eigenvalue weighted by atomic mass is 35.5. The number of aromatic carboxylic acids is 1. The van der Waals surface area contributed by atoms with Crippen LogP contribution in [0.4, 0.5) is 0 Å². The number of aromatic nitrogens is 1. The van der Waals surface area contributed by atoms with Crippen LogP contribution in [-0.2, 0) is 9.53 Å². The van der Waals surface area contributed by atoms with Crippen LogP contribution in [-0.4, -0.2) is 28.6 Å². The molecule has 1 aromatic heterocycles. The summed E-state index contributed by atoms with van der Waals surface area (Å²) in [6.07, 6.45) is 1.11. The predicted octanol–water partition coefficient (Wildman–Crippen LogP) is 1.35. The zero-order valence-corrected chi connectivity index (χ0v) is 9.61. The van der Waals surface area contributed by atoms with Crippen LogP contribution >= 0.6 is 11.6 Å². The van der Waals surface area contributed by atoms with Gasteiger partial charge in [0.15, 0.2) is 0 Å². The summed E-state index contributed by atoms with van der Waals surface area (Å²) in [6.45, 7) is 1.87. The molecule has 0 spiro atoms. The number of hydrogen-bond donors (Lipinski definition) is 1. The first kappa shape index (κ1) is 13.0. The Balaban J connectivity index is 3.01. The summed E-state index contributed by atoms with van der Waals surface area (Å²) in [6, 6.07) is 1.24. The van der Waals surface area contributed by atoms with Gasteiger partial charge in [-0.1, -0.05) is 17.5 Å². The highest BCUT2D eigenvalue weighted by Crippen LogP contribution is 2.13. The van der Waals surface area contributed by atoms with Crippen LogP contribution in [0.2, 0.25) is 5.15 Å². The highest BCUT2D eigenvalue weighted by molar-refractivity contribution is 6.30. The van der Waals surface area contributed by atoms with Crippen LogP contribution < -0.4 is 0 Å². The van der Waals surface area contributed by atoms with Crippen LogP contribution in [0.25, 0.3) is 0 Å². The van der Waals surface area contributed by atoms with Crippen molar-refractivity contribution in [2.24, 2.45) is 0 Å². The van der Waals surface area contributed by atoms with E-state index in [0.717, 1.165) is 6.20 Å². The van der Waals surface area contributed by atoms with Gasteiger partial charge in [0.05, 0.1) is 17.7 Å². The second-order valence-electron chi connectivity index (χ2n) is 2.84. The lowest BCUT2D eigenvalue weighted by molar-refractivity contribution is -0.136. The van der Waals surface area contributed by atoms with Crippen molar-refractivity contribution in [3.05, 3.63) is 28.5 Å². The molecule has 0 unspecified atom stereocenters. The van der Waals surface area contributed by atoms with E-state index in [9.17, 15) is 9.59 Å². The van der Waals surface area contributed by atoms with Crippen LogP contribution in [0, 0.1) is 11.8 Å². The van der Waals surface area contributed by atoms with Crippen molar-refractivity contribution in [2.75, 3.05) is 6.61 Å². The molecule has 6 heteroatoms. The largest absolute Gasteiger partial charge is 0.478 e. The molecule has 1 N–H and O–H groups in total. The third-order valence-corrected chi connectivity index (χ3v) is 1.96. The summed E-state index contributed by atoms with van der Waals surface area (Å²) in [4.78, 5) is 25.3. The lowest BCUT2D eigenvalue weighted by atomic mass is 10.2. The molecule has 1 heterocycles. The van der Waals surface area contributed by atoms with E-state index in [0.29, 0.717) is 0 Å². The summed E-state index contributed by atoms with van der Waals surface area (Å²) >= 11 is 5.70. The van der Waals surface area contributed by atoms with Gasteiger partial charge in [-0.05, 0) is 13.0 Å². The van der Waals surface area contributed by atoms with Gasteiger partial charge in [-0.15, -0.1) is 0 Å². The molecule has 0 aliphatic carbocycles. The molecular formula is C11H8ClNO4. The molecule has 1 aromatic rings. The molecule has 88 valence electrons. The first-order valence-corrected chi connectivity index (χ1v) is 5.00. The summed E-state index contributed by atoms with van der Waals surface area (Å²) in [7, 11) is 0. The molecule has 0 atom stereocenters. The van der Waals surface area contributed by atoms with Crippen molar-refractivity contribution < 1.29 is 19.4 Å². The number of nitrogens with zero attached hydrogens (tertiary/aromatic N) is 1. The number of carboxylic acids is 1. The van der Waals surface area contributed by atoms with Crippen molar-refractivity contribution >= 4 is 23.5 Å². The molecule has 0 fully saturated rings. The van der Waals surface area contributed by atoms with Crippen molar-refractivity contribution in [1.82, 2.24) is 4.98 Å². The molecule has 0 radical (unpaired) electrons. The molecule has 1 rings (SSSR count). The average Bonchev–Trinajstić information content (AvgIpc) is 2.28. The second-order valence-corrected chi connectivity index (χ2v) is 3.20. The average molecular weight is 254 g/mol. The summed E-state index contributed by atoms with van der Waals surface area (Å²) in [5.74, 6) is 2.74. The van der Waals surface area contributed by atoms with E-state index in [1.807, 2.05) is 0 Å². The fourth-order valence-corrected chi connectivity index (χ4v) is 1.09. The minimum Gasteiger partial charge on any atom is -0.478 e. The van der Waals surface area contributed by atoms with Crippen molar-refractivity contribution in [2.45, 2.75) is 6.92 Å². The predicted molar refractivity (Wildman–Crippen MR) is 59.7 cm³/mol. The molecule has 0 aromatic carbocycles. The van der Waals surface area contributed by atoms with Crippen LogP contribution in [0.15, 0.2) is 12.3 Å². The van der Waals surface area contributed by atoms with Gasteiger partial charge in [-0.3, -0.25) is 0 Å². The maximum absolute atomic E-state index is 11.0. The van der Waals surface area contributed by atoms with Gasteiger partial charge in [0.25, 0.3) is 0 Å². The van der Waals surface area contributed by atoms with Gasteiger partial charge in [0.1, 0.15) is 5.15 Å². The molecule has 0 aliphatic rings. The van der Waals surface area contributed by atoms with Gasteiger partial charge in [0, 0.05) is 12.1 Å². The van der Waals surface area contributed by atoms with Crippen molar-refractivity contribution in [1.29, 1.82) is 0 Å². The van der Waals surface area contributed by atoms with E-state index in [-0.39, 0.29) is 22.9 Å². The maximum atomic E-state index is 11.0. The van der Waals surface area contributed by atoms with E-state index in [1.165, 1.54) is 6.07 Å². The number of carbonyl (C=O) groups excluding carboxylic acids is 1. The quantitative estimate of drug-likeness (QED) is 0.489. The first-order chi connectivity index (χ1) is 8.04. The lowest BCUT2D eigenvalue weighted by Gasteiger charge is -1.97. The molecule has 0 aliphatic heterocycles. The first-order valence-electron chi connectivity index (χ1n) is 4.62. The molecule has 5 nitrogen and oxygen atoms in total. The molecule has 0 bridgehead atoms. The van der Waals surface area contributed by atoms with Gasteiger partial charge >= 0.3 is 11.9 Å². The van der Waals surface area contributed by atoms with E-state index in [4.69, 9.17) is 16.7 Å². The Hall–Kier alpha value is -2.06. The Morgan fingerprint density at radius 3 is 2.88 bits per heavy atom. The maximum Gasteiger partial charge on any atom is 0.384 e. The summed E-state index contributed by atoms with van der Waals surface area (Å²) in [5, 5.41) is 8.77. The Labute approximate surface area is 102 Å². The zero-order chi connectivity index (χ0) is 12.8. The lowest BCUT2D eigenvalue weighted by Crippen LogP contribution is -2.01. The number of hydrogen-bond acceptors (Lipinski definition) is 4. The van der Waals surface area contributed by atoms with Gasteiger partial charge < -0.3 is 9.84 Å². The standard InChI is InChI=1S/C11H8ClNO4/c1-2-17-9(14)4-3-7-5-8(11(15)16)6-13-10(7)12/h5-6H,2H2,1H3,(H,15,16). The van der Waals surface area contributed by atoms with Crippen molar-refractivity contribution in [3.63, 3.8) is 0 Å². The number of rotatable bonds is 2. The Kier molecular flexibility index (Phi) is 4.49. The number of carboxylic acid groups (broad SMARTS) is 1. The Morgan fingerprint density at radius 2 is 2.29 bits per heavy atom. The number of pyridine rings is 1. The second kappa shape index (κ2) is 5.87. The number of carbonyl (C=O) groups is 2. The Bertz CT molecular complexity index is 516. The van der Waals surface area contributed by atoms with Gasteiger partial charge in [-0.2, -0.15) is 0 Å². The zero-order valence-electron chi connectivity index (χ0n) is 8.86. The van der Waals surface area contributed by atoms with Crippen LogP contribution in [0.3, 0.4) is 0 Å². The number of ether oxygens (including phenoxy) is 1. The molecule has 0 saturated carbocycles. The summed E-state index contributed by atoms with van der Waals surface area (Å²) < 4.78 is 4.59. The Morgan fingerprint density at radius 1 is 1.59 bits per heavy atom. The van der Waals surface area contributed by atoms with E-state index < -0.39 is 11.9 Å². The topological polar surface area (TPSA) is 76.5 Å². The van der Waals surface area contributed by atoms with Crippen LogP contribution in [0.1, 0.15) is 22.8 Å². The third-order valence-electron chi connectivity index (χ3n) is 1.66. The van der Waals surface area contributed by atoms with Gasteiger partial charge in [0.2, 0.25) is 0 Å². The number of esters is 1. The highest BCUT2D eigenvalue weighted by Gasteiger charge is 2.07. The van der Waals surface area contributed by atoms with Gasteiger partial charge in [-0.25, -0.2) is 14.6 Å². The normalized spacial score (nSPS) is 9.06. The minimum atomic E-state index is -1.15. The minimum absolute atomic E-state index is 0.0341. The fraction of sp³-hybridized carbons (Fsp3) is 0.182. The van der Waals surface area contributed by atoms with Crippen molar-refractivity contribution in [3.8, 4) is 11.8 Å². The van der Waals surface area contributed by atoms with E-state index >= 15 is 0 Å². The van der Waals surface area contributed by atoms with E-state index in [1.54, 1.807) is 6.92 Å². The monoisotopic (exact) mass is 253 g/mol. The number of halogens is 1. The van der Waals surface area contributed by atoms with E-state index in [2.05, 4.69) is 21.6 Å². The molecule has 0 saturated heterocycles. The SMILES string of the molecule is CCOC(=O)C#Cc1cc(C(=O)O)cnc1Cl. The fourth-order valence-electron chi connectivity index (χ4n) is 0.938. The smallest absolute Gasteiger partial charge is 0.384 e. The molecule has 0 amide bonds. The molecular weight excluding hydrogens is 246 g/mol.